The second-order valence-corrected chi connectivity index (χ2v) is 15.1. The number of likely N-dealkylation sites (N-methyl/N-ethyl adjacent to an activating group) is 1. The number of rotatable bonds is 20. The molecule has 0 saturated heterocycles. The summed E-state index contributed by atoms with van der Waals surface area (Å²) < 4.78 is 31.4. The van der Waals surface area contributed by atoms with E-state index in [0.29, 0.717) is 59.3 Å². The van der Waals surface area contributed by atoms with Crippen LogP contribution in [-0.2, 0) is 20.8 Å². The number of allylic oxidation sites excluding steroid dienone is 1. The van der Waals surface area contributed by atoms with Gasteiger partial charge in [-0.3, -0.25) is 9.59 Å². The first-order valence-corrected chi connectivity index (χ1v) is 20.1. The zero-order valence-electron chi connectivity index (χ0n) is 33.9. The second-order valence-electron chi connectivity index (χ2n) is 15.1. The molecule has 1 aliphatic heterocycles. The maximum atomic E-state index is 14.4. The molecule has 12 heteroatoms. The summed E-state index contributed by atoms with van der Waals surface area (Å²) in [6, 6.07) is 17.7. The van der Waals surface area contributed by atoms with Crippen LogP contribution in [0.25, 0.3) is 0 Å². The minimum atomic E-state index is -1.37. The number of carbonyl (C=O) groups excluding carboxylic acids is 2. The lowest BCUT2D eigenvalue weighted by Gasteiger charge is -2.59. The van der Waals surface area contributed by atoms with E-state index in [0.717, 1.165) is 48.7 Å². The van der Waals surface area contributed by atoms with Crippen molar-refractivity contribution < 1.29 is 48.3 Å². The van der Waals surface area contributed by atoms with Gasteiger partial charge in [0.1, 0.15) is 41.9 Å². The smallest absolute Gasteiger partial charge is 0.239 e. The number of amides is 1. The van der Waals surface area contributed by atoms with Crippen molar-refractivity contribution in [3.8, 4) is 28.7 Å². The van der Waals surface area contributed by atoms with Crippen LogP contribution in [-0.4, -0.2) is 93.0 Å². The van der Waals surface area contributed by atoms with Gasteiger partial charge in [0.05, 0.1) is 44.4 Å². The molecule has 2 N–H and O–H groups in total. The van der Waals surface area contributed by atoms with Crippen LogP contribution in [0.5, 0.6) is 28.7 Å². The zero-order chi connectivity index (χ0) is 41.2. The number of nitrogens with zero attached hydrogens (tertiary/aromatic N) is 2. The highest BCUT2D eigenvalue weighted by atomic mass is 16.7. The molecule has 3 aromatic carbocycles. The summed E-state index contributed by atoms with van der Waals surface area (Å²) in [5.41, 5.74) is 3.74. The highest BCUT2D eigenvalue weighted by Crippen LogP contribution is 2.62. The summed E-state index contributed by atoms with van der Waals surface area (Å²) in [6.45, 7) is 4.33. The van der Waals surface area contributed by atoms with Crippen molar-refractivity contribution in [2.24, 2.45) is 22.9 Å². The van der Waals surface area contributed by atoms with Gasteiger partial charge in [-0.15, -0.1) is 6.58 Å². The molecule has 6 rings (SSSR count). The Labute approximate surface area is 341 Å². The number of unbranched alkanes of at least 4 members (excludes halogenated alkanes) is 2. The molecule has 0 bridgehead atoms. The monoisotopic (exact) mass is 796 g/mol. The maximum Gasteiger partial charge on any atom is 0.239 e. The molecule has 1 saturated carbocycles. The van der Waals surface area contributed by atoms with E-state index in [9.17, 15) is 19.8 Å². The molecule has 12 nitrogen and oxygen atoms in total. The molecule has 3 aliphatic rings. The van der Waals surface area contributed by atoms with Gasteiger partial charge in [-0.25, -0.2) is 0 Å². The predicted octanol–water partition coefficient (Wildman–Crippen LogP) is 7.27. The Morgan fingerprint density at radius 2 is 1.72 bits per heavy atom. The number of hydrogen-bond acceptors (Lipinski definition) is 11. The second kappa shape index (κ2) is 19.5. The Morgan fingerprint density at radius 3 is 2.43 bits per heavy atom. The third-order valence-electron chi connectivity index (χ3n) is 11.8. The van der Waals surface area contributed by atoms with Crippen LogP contribution in [0, 0.1) is 17.8 Å². The number of oxime groups is 1. The Balaban J connectivity index is 1.52. The van der Waals surface area contributed by atoms with Gasteiger partial charge in [-0.2, -0.15) is 0 Å². The van der Waals surface area contributed by atoms with Crippen LogP contribution in [0.4, 0.5) is 0 Å². The summed E-state index contributed by atoms with van der Waals surface area (Å²) in [5.74, 6) is 0.692. The summed E-state index contributed by atoms with van der Waals surface area (Å²) in [4.78, 5) is 33.5. The molecular formula is C46H56N2O10. The molecule has 6 atom stereocenters. The van der Waals surface area contributed by atoms with Gasteiger partial charge >= 0.3 is 0 Å². The van der Waals surface area contributed by atoms with Crippen molar-refractivity contribution in [1.82, 2.24) is 4.90 Å². The number of ether oxygens (including phenoxy) is 5. The van der Waals surface area contributed by atoms with Crippen LogP contribution < -0.4 is 18.9 Å². The number of benzene rings is 3. The number of methoxy groups -OCH3 is 2. The van der Waals surface area contributed by atoms with Gasteiger partial charge in [-0.1, -0.05) is 42.3 Å². The molecule has 3 aromatic rings. The molecule has 1 amide bonds. The predicted molar refractivity (Wildman–Crippen MR) is 220 cm³/mol. The fourth-order valence-corrected chi connectivity index (χ4v) is 9.16. The van der Waals surface area contributed by atoms with Gasteiger partial charge in [-0.05, 0) is 97.2 Å². The van der Waals surface area contributed by atoms with Crippen molar-refractivity contribution in [1.29, 1.82) is 0 Å². The number of hydrogen-bond donors (Lipinski definition) is 2. The summed E-state index contributed by atoms with van der Waals surface area (Å²) in [6.07, 6.45) is 9.70. The van der Waals surface area contributed by atoms with Crippen molar-refractivity contribution >= 4 is 17.9 Å². The normalized spacial score (nSPS) is 23.7. The highest BCUT2D eigenvalue weighted by molar-refractivity contribution is 6.03. The first-order valence-electron chi connectivity index (χ1n) is 20.1. The number of aliphatic hydroxyl groups is 2. The molecule has 58 heavy (non-hydrogen) atoms. The first-order chi connectivity index (χ1) is 28.2. The Morgan fingerprint density at radius 1 is 0.966 bits per heavy atom. The number of aldehydes is 1. The molecule has 0 aromatic heterocycles. The Kier molecular flexibility index (Phi) is 14.3. The van der Waals surface area contributed by atoms with E-state index < -0.39 is 17.7 Å². The fraction of sp³-hybridized carbons (Fsp3) is 0.457. The molecule has 6 unspecified atom stereocenters. The SMILES string of the molecule is C=CCOC12Oc3ccc(Oc4ccc(OC)c(C=O)c4)cc3C3C(CCCCO)C(CCCCO)C=C(C(=NOC)CC1N(C)C(=O)Cc1cccc(OC)c1)C32. The average Bonchev–Trinajstić information content (AvgIpc) is 3.24. The quantitative estimate of drug-likeness (QED) is 0.0518. The summed E-state index contributed by atoms with van der Waals surface area (Å²) >= 11 is 0. The van der Waals surface area contributed by atoms with Crippen molar-refractivity contribution in [3.63, 3.8) is 0 Å². The van der Waals surface area contributed by atoms with Crippen LogP contribution in [0.15, 0.2) is 90.1 Å². The molecule has 2 aliphatic carbocycles. The minimum Gasteiger partial charge on any atom is -0.497 e. The van der Waals surface area contributed by atoms with E-state index in [1.165, 1.54) is 14.2 Å². The van der Waals surface area contributed by atoms with Crippen molar-refractivity contribution in [2.45, 2.75) is 69.1 Å². The van der Waals surface area contributed by atoms with Crippen LogP contribution in [0.2, 0.25) is 0 Å². The average molecular weight is 797 g/mol. The molecule has 0 radical (unpaired) electrons. The van der Waals surface area contributed by atoms with Crippen LogP contribution in [0.1, 0.15) is 72.3 Å². The Hall–Kier alpha value is -5.17. The lowest BCUT2D eigenvalue weighted by molar-refractivity contribution is -0.255. The van der Waals surface area contributed by atoms with E-state index in [2.05, 4.69) is 17.8 Å². The number of fused-ring (bicyclic) bond motifs is 2. The topological polar surface area (TPSA) is 146 Å². The third-order valence-corrected chi connectivity index (χ3v) is 11.8. The molecule has 1 fully saturated rings. The molecular weight excluding hydrogens is 741 g/mol. The van der Waals surface area contributed by atoms with Gasteiger partial charge in [0.2, 0.25) is 11.7 Å². The maximum absolute atomic E-state index is 14.4. The van der Waals surface area contributed by atoms with Crippen LogP contribution >= 0.6 is 0 Å². The molecule has 0 spiro atoms. The first kappa shape index (κ1) is 42.4. The lowest BCUT2D eigenvalue weighted by atomic mass is 9.55. The largest absolute Gasteiger partial charge is 0.497 e. The van der Waals surface area contributed by atoms with E-state index in [1.54, 1.807) is 43.3 Å². The van der Waals surface area contributed by atoms with Gasteiger partial charge in [0.25, 0.3) is 0 Å². The zero-order valence-corrected chi connectivity index (χ0v) is 33.9. The van der Waals surface area contributed by atoms with Crippen molar-refractivity contribution in [3.05, 3.63) is 102 Å². The minimum absolute atomic E-state index is 0.0478. The highest BCUT2D eigenvalue weighted by Gasteiger charge is 2.65. The standard InChI is InChI=1S/C46H56N2O10/c1-6-22-56-46-42(48(2)43(52)24-30-12-11-14-33(23-30)53-3)28-39(47-55-5)37-26-31(13-7-9-20-49)36(15-8-10-21-50)44(45(37)46)38-27-35(17-19-41(38)58-46)57-34-16-18-40(54-4)32(25-34)29-51/h6,11-12,14,16-19,23,25-27,29,31,36,42,44-45,49-50H,1,7-10,13,15,20-22,24,28H2,2-5H3. The van der Waals surface area contributed by atoms with E-state index in [-0.39, 0.29) is 49.9 Å². The van der Waals surface area contributed by atoms with E-state index >= 15 is 0 Å². The van der Waals surface area contributed by atoms with Gasteiger partial charge < -0.3 is 43.6 Å². The van der Waals surface area contributed by atoms with Gasteiger partial charge in [0.15, 0.2) is 6.29 Å². The van der Waals surface area contributed by atoms with Gasteiger partial charge in [0, 0.05) is 38.2 Å². The molecule has 1 heterocycles. The Bertz CT molecular complexity index is 1980. The number of aliphatic hydroxyl groups excluding tert-OH is 2. The van der Waals surface area contributed by atoms with E-state index in [4.69, 9.17) is 28.5 Å². The van der Waals surface area contributed by atoms with Crippen LogP contribution in [0.3, 0.4) is 0 Å². The summed E-state index contributed by atoms with van der Waals surface area (Å²) in [5, 5.41) is 24.3. The summed E-state index contributed by atoms with van der Waals surface area (Å²) in [7, 11) is 6.43. The van der Waals surface area contributed by atoms with E-state index in [1.807, 2.05) is 42.5 Å². The lowest BCUT2D eigenvalue weighted by Crippen LogP contribution is -2.69. The number of carbonyl (C=O) groups is 2. The third kappa shape index (κ3) is 8.79. The fourth-order valence-electron chi connectivity index (χ4n) is 9.16. The van der Waals surface area contributed by atoms with Crippen molar-refractivity contribution in [2.75, 3.05) is 48.2 Å². The molecule has 310 valence electrons.